The van der Waals surface area contributed by atoms with E-state index in [0.29, 0.717) is 23.4 Å². The Kier molecular flexibility index (Phi) is 7.18. The number of hydrogen-bond donors (Lipinski definition) is 2. The van der Waals surface area contributed by atoms with Gasteiger partial charge in [-0.3, -0.25) is 0 Å². The highest BCUT2D eigenvalue weighted by atomic mass is 32.3. The molecule has 12 heteroatoms. The summed E-state index contributed by atoms with van der Waals surface area (Å²) in [6, 6.07) is 1.06. The summed E-state index contributed by atoms with van der Waals surface area (Å²) in [5, 5.41) is 8.46. The number of rotatable bonds is 9. The number of fused-ring (bicyclic) bond motifs is 1. The first kappa shape index (κ1) is 21.7. The van der Waals surface area contributed by atoms with E-state index in [-0.39, 0.29) is 34.2 Å². The van der Waals surface area contributed by atoms with Gasteiger partial charge in [0.25, 0.3) is 10.0 Å². The average molecular weight is 428 g/mol. The van der Waals surface area contributed by atoms with Crippen LogP contribution in [0.25, 0.3) is 0 Å². The number of nitrogens with zero attached hydrogens (tertiary/aromatic N) is 1. The number of hydrogen-bond acceptors (Lipinski definition) is 8. The number of sulfonamides is 2. The fourth-order valence-electron chi connectivity index (χ4n) is 2.56. The molecule has 3 N–H and O–H groups in total. The predicted molar refractivity (Wildman–Crippen MR) is 97.9 cm³/mol. The molecule has 1 unspecified atom stereocenters. The lowest BCUT2D eigenvalue weighted by atomic mass is 10.1. The summed E-state index contributed by atoms with van der Waals surface area (Å²) in [7, 11) is -6.29. The molecule has 150 valence electrons. The van der Waals surface area contributed by atoms with Crippen LogP contribution in [0.2, 0.25) is 0 Å². The van der Waals surface area contributed by atoms with E-state index in [1.54, 1.807) is 6.92 Å². The zero-order valence-electron chi connectivity index (χ0n) is 15.0. The van der Waals surface area contributed by atoms with E-state index in [9.17, 15) is 16.8 Å². The van der Waals surface area contributed by atoms with E-state index in [4.69, 9.17) is 14.6 Å². The Balaban J connectivity index is 2.33. The summed E-state index contributed by atoms with van der Waals surface area (Å²) in [6.45, 7) is 4.89. The highest BCUT2D eigenvalue weighted by Crippen LogP contribution is 2.39. The van der Waals surface area contributed by atoms with E-state index in [1.807, 2.05) is 6.92 Å². The molecule has 0 spiro atoms. The first-order chi connectivity index (χ1) is 12.1. The van der Waals surface area contributed by atoms with Crippen molar-refractivity contribution in [3.8, 4) is 0 Å². The number of methoxy groups -OCH3 is 1. The molecule has 0 aliphatic carbocycles. The summed E-state index contributed by atoms with van der Waals surface area (Å²) >= 11 is 0.686. The minimum atomic E-state index is -3.97. The van der Waals surface area contributed by atoms with Gasteiger partial charge in [-0.05, 0) is 26.0 Å². The van der Waals surface area contributed by atoms with Gasteiger partial charge in [-0.15, -0.1) is 11.3 Å². The Morgan fingerprint density at radius 2 is 2.19 bits per heavy atom. The third-order valence-corrected chi connectivity index (χ3v) is 8.95. The standard InChI is InChI=1S/C14H25N3O6S3/c1-4-5-16-12-9-17(6-7-23-10(2)22-3)26(20,21)14-11(12)8-13(24-14)25(15,18)19/h8,10,12,16H,4-7,9H2,1-3H3,(H2,15,18,19)/t10?,12-/m0/s1. The molecule has 0 saturated heterocycles. The molecule has 1 aliphatic heterocycles. The molecule has 26 heavy (non-hydrogen) atoms. The molecule has 2 atom stereocenters. The molecular weight excluding hydrogens is 402 g/mol. The van der Waals surface area contributed by atoms with Crippen molar-refractivity contribution in [2.24, 2.45) is 5.14 Å². The zero-order chi connectivity index (χ0) is 19.5. The Labute approximate surface area is 158 Å². The Morgan fingerprint density at radius 3 is 2.77 bits per heavy atom. The van der Waals surface area contributed by atoms with Crippen LogP contribution in [0.4, 0.5) is 0 Å². The van der Waals surface area contributed by atoms with Crippen LogP contribution in [0.1, 0.15) is 31.9 Å². The topological polar surface area (TPSA) is 128 Å². The van der Waals surface area contributed by atoms with Crippen LogP contribution >= 0.6 is 11.3 Å². The lowest BCUT2D eigenvalue weighted by molar-refractivity contribution is -0.111. The van der Waals surface area contributed by atoms with Crippen LogP contribution in [0, 0.1) is 0 Å². The first-order valence-corrected chi connectivity index (χ1v) is 12.0. The van der Waals surface area contributed by atoms with Crippen LogP contribution in [0.15, 0.2) is 14.5 Å². The normalized spacial score (nSPS) is 21.5. The van der Waals surface area contributed by atoms with Crippen LogP contribution in [-0.4, -0.2) is 60.8 Å². The maximum absolute atomic E-state index is 12.9. The van der Waals surface area contributed by atoms with Crippen molar-refractivity contribution in [2.75, 3.05) is 33.4 Å². The van der Waals surface area contributed by atoms with Crippen molar-refractivity contribution in [3.05, 3.63) is 11.6 Å². The number of nitrogens with two attached hydrogens (primary N) is 1. The van der Waals surface area contributed by atoms with Crippen LogP contribution in [0.5, 0.6) is 0 Å². The second-order valence-electron chi connectivity index (χ2n) is 5.90. The fourth-order valence-corrected chi connectivity index (χ4v) is 6.81. The predicted octanol–water partition coefficient (Wildman–Crippen LogP) is 0.450. The molecule has 9 nitrogen and oxygen atoms in total. The second-order valence-corrected chi connectivity index (χ2v) is 10.9. The van der Waals surface area contributed by atoms with Gasteiger partial charge in [-0.1, -0.05) is 6.92 Å². The van der Waals surface area contributed by atoms with Crippen molar-refractivity contribution in [1.82, 2.24) is 9.62 Å². The minimum absolute atomic E-state index is 0.0150. The van der Waals surface area contributed by atoms with Crippen molar-refractivity contribution in [3.63, 3.8) is 0 Å². The molecular formula is C14H25N3O6S3. The lowest BCUT2D eigenvalue weighted by Gasteiger charge is -2.32. The second kappa shape index (κ2) is 8.61. The molecule has 1 aliphatic rings. The number of ether oxygens (including phenoxy) is 2. The molecule has 0 bridgehead atoms. The third kappa shape index (κ3) is 4.81. The Hall–Kier alpha value is -0.600. The molecule has 0 aromatic carbocycles. The summed E-state index contributed by atoms with van der Waals surface area (Å²) in [5.41, 5.74) is 0.454. The van der Waals surface area contributed by atoms with Crippen molar-refractivity contribution in [1.29, 1.82) is 0 Å². The molecule has 2 heterocycles. The van der Waals surface area contributed by atoms with E-state index in [2.05, 4.69) is 5.32 Å². The van der Waals surface area contributed by atoms with Crippen molar-refractivity contribution >= 4 is 31.4 Å². The lowest BCUT2D eigenvalue weighted by Crippen LogP contribution is -2.45. The van der Waals surface area contributed by atoms with Gasteiger partial charge >= 0.3 is 0 Å². The van der Waals surface area contributed by atoms with Gasteiger partial charge in [0, 0.05) is 31.8 Å². The minimum Gasteiger partial charge on any atom is -0.356 e. The van der Waals surface area contributed by atoms with Gasteiger partial charge in [0.05, 0.1) is 6.61 Å². The number of nitrogens with one attached hydrogen (secondary N) is 1. The van der Waals surface area contributed by atoms with Crippen molar-refractivity contribution in [2.45, 2.75) is 41.0 Å². The van der Waals surface area contributed by atoms with Gasteiger partial charge < -0.3 is 14.8 Å². The van der Waals surface area contributed by atoms with Crippen LogP contribution in [-0.2, 0) is 29.5 Å². The molecule has 1 aromatic rings. The summed E-state index contributed by atoms with van der Waals surface area (Å²) in [6.07, 6.45) is 0.418. The molecule has 1 aromatic heterocycles. The monoisotopic (exact) mass is 427 g/mol. The van der Waals surface area contributed by atoms with E-state index < -0.39 is 26.3 Å². The smallest absolute Gasteiger partial charge is 0.253 e. The maximum Gasteiger partial charge on any atom is 0.253 e. The van der Waals surface area contributed by atoms with E-state index in [0.717, 1.165) is 6.42 Å². The molecule has 0 radical (unpaired) electrons. The van der Waals surface area contributed by atoms with Gasteiger partial charge in [-0.25, -0.2) is 22.0 Å². The Morgan fingerprint density at radius 1 is 1.50 bits per heavy atom. The molecule has 2 rings (SSSR count). The Bertz CT molecular complexity index is 821. The number of thiophene rings is 1. The molecule has 0 fully saturated rings. The van der Waals surface area contributed by atoms with E-state index in [1.165, 1.54) is 17.5 Å². The maximum atomic E-state index is 12.9. The first-order valence-electron chi connectivity index (χ1n) is 8.15. The fraction of sp³-hybridized carbons (Fsp3) is 0.714. The highest BCUT2D eigenvalue weighted by Gasteiger charge is 2.39. The van der Waals surface area contributed by atoms with Gasteiger partial charge in [0.2, 0.25) is 10.0 Å². The number of primary sulfonamides is 1. The summed E-state index contributed by atoms with van der Waals surface area (Å²) in [4.78, 5) is 0. The van der Waals surface area contributed by atoms with Gasteiger partial charge in [0.1, 0.15) is 8.42 Å². The molecule has 0 amide bonds. The van der Waals surface area contributed by atoms with Crippen LogP contribution in [0.3, 0.4) is 0 Å². The third-order valence-electron chi connectivity index (χ3n) is 3.98. The largest absolute Gasteiger partial charge is 0.356 e. The SMILES string of the molecule is CCCN[C@H]1CN(CCOC(C)OC)S(=O)(=O)c2sc(S(N)(=O)=O)cc21. The quantitative estimate of drug-likeness (QED) is 0.548. The van der Waals surface area contributed by atoms with Gasteiger partial charge in [-0.2, -0.15) is 4.31 Å². The average Bonchev–Trinajstić information content (AvgIpc) is 3.02. The summed E-state index contributed by atoms with van der Waals surface area (Å²) in [5.74, 6) is 0. The molecule has 0 saturated carbocycles. The highest BCUT2D eigenvalue weighted by molar-refractivity contribution is 7.94. The zero-order valence-corrected chi connectivity index (χ0v) is 17.4. The van der Waals surface area contributed by atoms with E-state index >= 15 is 0 Å². The van der Waals surface area contributed by atoms with Crippen molar-refractivity contribution < 1.29 is 26.3 Å². The summed E-state index contributed by atoms with van der Waals surface area (Å²) < 4.78 is 60.7. The van der Waals surface area contributed by atoms with Gasteiger partial charge in [0.15, 0.2) is 6.29 Å². The van der Waals surface area contributed by atoms with Crippen LogP contribution < -0.4 is 10.5 Å².